The van der Waals surface area contributed by atoms with Crippen molar-refractivity contribution in [3.05, 3.63) is 72.0 Å². The monoisotopic (exact) mass is 362 g/mol. The van der Waals surface area contributed by atoms with Crippen molar-refractivity contribution in [2.45, 2.75) is 0 Å². The van der Waals surface area contributed by atoms with Crippen LogP contribution in [-0.2, 0) is 0 Å². The zero-order valence-electron chi connectivity index (χ0n) is 14.3. The van der Waals surface area contributed by atoms with Gasteiger partial charge in [-0.1, -0.05) is 35.9 Å². The molecule has 0 N–H and O–H groups in total. The highest BCUT2D eigenvalue weighted by molar-refractivity contribution is 6.34. The highest BCUT2D eigenvalue weighted by Crippen LogP contribution is 2.29. The molecule has 1 saturated heterocycles. The molecule has 2 aromatic carbocycles. The first-order chi connectivity index (χ1) is 12.8. The van der Waals surface area contributed by atoms with Gasteiger partial charge in [0.15, 0.2) is 0 Å². The number of rotatable bonds is 2. The molecule has 1 aliphatic heterocycles. The van der Waals surface area contributed by atoms with E-state index in [9.17, 15) is 0 Å². The molecule has 0 amide bonds. The van der Waals surface area contributed by atoms with Crippen molar-refractivity contribution in [1.29, 1.82) is 0 Å². The van der Waals surface area contributed by atoms with Crippen LogP contribution in [-0.4, -0.2) is 35.6 Å². The van der Waals surface area contributed by atoms with Gasteiger partial charge >= 0.3 is 0 Å². The van der Waals surface area contributed by atoms with Crippen LogP contribution in [0.4, 0.5) is 11.4 Å². The summed E-state index contributed by atoms with van der Waals surface area (Å²) in [6, 6.07) is 18.9. The van der Waals surface area contributed by atoms with Gasteiger partial charge in [-0.25, -0.2) is 0 Å². The van der Waals surface area contributed by atoms with Crippen LogP contribution in [0.3, 0.4) is 0 Å². The lowest BCUT2D eigenvalue weighted by molar-refractivity contribution is 0.654. The molecule has 0 bridgehead atoms. The lowest BCUT2D eigenvalue weighted by Gasteiger charge is -2.37. The fourth-order valence-electron chi connectivity index (χ4n) is 3.83. The van der Waals surface area contributed by atoms with Gasteiger partial charge in [-0.3, -0.25) is 4.98 Å². The van der Waals surface area contributed by atoms with E-state index in [2.05, 4.69) is 62.7 Å². The average molecular weight is 363 g/mol. The molecule has 4 aromatic rings. The molecule has 0 saturated carbocycles. The van der Waals surface area contributed by atoms with Crippen LogP contribution in [0.25, 0.3) is 16.6 Å². The minimum absolute atomic E-state index is 0.737. The Labute approximate surface area is 157 Å². The normalized spacial score (nSPS) is 15.1. The fourth-order valence-corrected chi connectivity index (χ4v) is 4.02. The van der Waals surface area contributed by atoms with E-state index < -0.39 is 0 Å². The van der Waals surface area contributed by atoms with E-state index in [1.807, 2.05) is 18.5 Å². The zero-order chi connectivity index (χ0) is 17.5. The van der Waals surface area contributed by atoms with Gasteiger partial charge in [0.25, 0.3) is 0 Å². The number of halogens is 1. The van der Waals surface area contributed by atoms with Crippen molar-refractivity contribution in [1.82, 2.24) is 9.38 Å². The molecule has 5 heteroatoms. The number of para-hydroxylation sites is 2. The molecule has 0 unspecified atom stereocenters. The van der Waals surface area contributed by atoms with Crippen molar-refractivity contribution in [2.24, 2.45) is 0 Å². The van der Waals surface area contributed by atoms with Crippen molar-refractivity contribution in [2.75, 3.05) is 36.0 Å². The summed E-state index contributed by atoms with van der Waals surface area (Å²) < 4.78 is 2.12. The van der Waals surface area contributed by atoms with Gasteiger partial charge in [-0.05, 0) is 30.3 Å². The molecule has 0 radical (unpaired) electrons. The first kappa shape index (κ1) is 15.5. The van der Waals surface area contributed by atoms with Crippen molar-refractivity contribution < 1.29 is 0 Å². The Morgan fingerprint density at radius 3 is 2.35 bits per heavy atom. The average Bonchev–Trinajstić information content (AvgIpc) is 3.10. The summed E-state index contributed by atoms with van der Waals surface area (Å²) in [5.74, 6) is 0. The quantitative estimate of drug-likeness (QED) is 0.525. The van der Waals surface area contributed by atoms with Crippen molar-refractivity contribution in [3.8, 4) is 0 Å². The number of nitrogens with zero attached hydrogens (tertiary/aromatic N) is 4. The highest BCUT2D eigenvalue weighted by atomic mass is 35.5. The zero-order valence-corrected chi connectivity index (χ0v) is 15.1. The van der Waals surface area contributed by atoms with E-state index in [-0.39, 0.29) is 0 Å². The summed E-state index contributed by atoms with van der Waals surface area (Å²) in [7, 11) is 0. The van der Waals surface area contributed by atoms with Gasteiger partial charge in [0, 0.05) is 38.1 Å². The van der Waals surface area contributed by atoms with E-state index in [4.69, 9.17) is 16.6 Å². The summed E-state index contributed by atoms with van der Waals surface area (Å²) >= 11 is 6.26. The Morgan fingerprint density at radius 2 is 1.54 bits per heavy atom. The molecular formula is C21H19ClN4. The maximum Gasteiger partial charge on any atom is 0.110 e. The van der Waals surface area contributed by atoms with Gasteiger partial charge in [-0.15, -0.1) is 0 Å². The Morgan fingerprint density at radius 1 is 0.769 bits per heavy atom. The molecule has 26 heavy (non-hydrogen) atoms. The lowest BCUT2D eigenvalue weighted by Crippen LogP contribution is -2.46. The van der Waals surface area contributed by atoms with Crippen LogP contribution in [0.2, 0.25) is 5.02 Å². The number of hydrogen-bond donors (Lipinski definition) is 0. The summed E-state index contributed by atoms with van der Waals surface area (Å²) in [6.45, 7) is 4.00. The van der Waals surface area contributed by atoms with Crippen LogP contribution in [0.1, 0.15) is 0 Å². The molecule has 5 rings (SSSR count). The number of fused-ring (bicyclic) bond motifs is 3. The minimum atomic E-state index is 0.737. The topological polar surface area (TPSA) is 23.8 Å². The Balaban J connectivity index is 1.47. The second-order valence-corrected chi connectivity index (χ2v) is 7.04. The smallest absolute Gasteiger partial charge is 0.110 e. The molecule has 1 aliphatic rings. The molecule has 2 aromatic heterocycles. The third kappa shape index (κ3) is 2.49. The van der Waals surface area contributed by atoms with Crippen LogP contribution >= 0.6 is 11.6 Å². The lowest BCUT2D eigenvalue weighted by atomic mass is 10.2. The van der Waals surface area contributed by atoms with Crippen LogP contribution in [0.15, 0.2) is 67.0 Å². The maximum absolute atomic E-state index is 6.26. The molecular weight excluding hydrogens is 344 g/mol. The van der Waals surface area contributed by atoms with Gasteiger partial charge in [0.1, 0.15) is 5.52 Å². The fraction of sp³-hybridized carbons (Fsp3) is 0.190. The van der Waals surface area contributed by atoms with Gasteiger partial charge in [0.2, 0.25) is 0 Å². The number of piperazine rings is 1. The van der Waals surface area contributed by atoms with E-state index in [0.717, 1.165) is 47.8 Å². The Hall–Kier alpha value is -2.72. The molecule has 0 spiro atoms. The van der Waals surface area contributed by atoms with Gasteiger partial charge in [0.05, 0.1) is 27.9 Å². The SMILES string of the molecule is Clc1ccn2c1cnc1c(N3CCN(c4ccccc4)CC3)cccc12. The van der Waals surface area contributed by atoms with E-state index in [1.54, 1.807) is 0 Å². The van der Waals surface area contributed by atoms with Crippen LogP contribution < -0.4 is 9.80 Å². The highest BCUT2D eigenvalue weighted by Gasteiger charge is 2.20. The molecule has 4 nitrogen and oxygen atoms in total. The van der Waals surface area contributed by atoms with Gasteiger partial charge in [-0.2, -0.15) is 0 Å². The molecule has 130 valence electrons. The van der Waals surface area contributed by atoms with E-state index in [1.165, 1.54) is 11.4 Å². The minimum Gasteiger partial charge on any atom is -0.368 e. The van der Waals surface area contributed by atoms with Gasteiger partial charge < -0.3 is 14.2 Å². The largest absolute Gasteiger partial charge is 0.368 e. The third-order valence-corrected chi connectivity index (χ3v) is 5.50. The molecule has 0 aliphatic carbocycles. The van der Waals surface area contributed by atoms with E-state index in [0.29, 0.717) is 0 Å². The molecule has 0 atom stereocenters. The van der Waals surface area contributed by atoms with Crippen molar-refractivity contribution in [3.63, 3.8) is 0 Å². The number of benzene rings is 2. The number of anilines is 2. The summed E-state index contributed by atoms with van der Waals surface area (Å²) in [5, 5.41) is 0.737. The summed E-state index contributed by atoms with van der Waals surface area (Å²) in [4.78, 5) is 9.61. The van der Waals surface area contributed by atoms with E-state index >= 15 is 0 Å². The second kappa shape index (κ2) is 6.22. The first-order valence-corrected chi connectivity index (χ1v) is 9.28. The summed E-state index contributed by atoms with van der Waals surface area (Å²) in [6.07, 6.45) is 3.88. The number of aromatic nitrogens is 2. The molecule has 1 fully saturated rings. The Kier molecular flexibility index (Phi) is 3.71. The second-order valence-electron chi connectivity index (χ2n) is 6.63. The standard InChI is InChI=1S/C21H19ClN4/c22-17-9-10-26-19-8-4-7-18(21(19)23-15-20(17)26)25-13-11-24(12-14-25)16-5-2-1-3-6-16/h1-10,15H,11-14H2. The summed E-state index contributed by atoms with van der Waals surface area (Å²) in [5.41, 5.74) is 5.57. The first-order valence-electron chi connectivity index (χ1n) is 8.90. The third-order valence-electron chi connectivity index (χ3n) is 5.18. The maximum atomic E-state index is 6.26. The van der Waals surface area contributed by atoms with Crippen LogP contribution in [0, 0.1) is 0 Å². The van der Waals surface area contributed by atoms with Crippen molar-refractivity contribution >= 4 is 39.5 Å². The predicted molar refractivity (Wildman–Crippen MR) is 109 cm³/mol. The van der Waals surface area contributed by atoms with Crippen LogP contribution in [0.5, 0.6) is 0 Å². The Bertz CT molecular complexity index is 1070. The number of hydrogen-bond acceptors (Lipinski definition) is 3. The molecule has 3 heterocycles. The predicted octanol–water partition coefficient (Wildman–Crippen LogP) is 4.47.